The molecule has 1 aromatic rings. The van der Waals surface area contributed by atoms with E-state index in [9.17, 15) is 19.2 Å². The maximum Gasteiger partial charge on any atom is 0.328 e. The van der Waals surface area contributed by atoms with Crippen LogP contribution < -0.4 is 0 Å². The minimum Gasteiger partial charge on any atom is -0.467 e. The third-order valence-electron chi connectivity index (χ3n) is 5.66. The molecule has 4 rings (SSSR count). The van der Waals surface area contributed by atoms with Crippen LogP contribution in [-0.2, 0) is 14.3 Å². The van der Waals surface area contributed by atoms with Crippen molar-refractivity contribution < 1.29 is 23.9 Å². The number of hydrogen-bond acceptors (Lipinski definition) is 5. The summed E-state index contributed by atoms with van der Waals surface area (Å²) in [5, 5.41) is -0.380. The molecule has 0 N–H and O–H groups in total. The van der Waals surface area contributed by atoms with Crippen LogP contribution in [0.5, 0.6) is 0 Å². The molecular formula is C19H19ClN2O5. The van der Waals surface area contributed by atoms with Crippen molar-refractivity contribution in [3.63, 3.8) is 0 Å². The molecule has 27 heavy (non-hydrogen) atoms. The molecule has 1 aromatic carbocycles. The van der Waals surface area contributed by atoms with Crippen LogP contribution in [-0.4, -0.2) is 64.1 Å². The lowest BCUT2D eigenvalue weighted by atomic mass is 10.0. The Morgan fingerprint density at radius 1 is 1.07 bits per heavy atom. The molecule has 7 nitrogen and oxygen atoms in total. The number of carbonyl (C=O) groups is 4. The van der Waals surface area contributed by atoms with E-state index in [1.807, 2.05) is 0 Å². The van der Waals surface area contributed by atoms with Gasteiger partial charge in [0, 0.05) is 11.4 Å². The van der Waals surface area contributed by atoms with E-state index in [1.54, 1.807) is 24.3 Å². The van der Waals surface area contributed by atoms with Gasteiger partial charge in [-0.2, -0.15) is 0 Å². The zero-order valence-electron chi connectivity index (χ0n) is 14.8. The number of nitrogens with zero attached hydrogens (tertiary/aromatic N) is 2. The van der Waals surface area contributed by atoms with E-state index >= 15 is 0 Å². The topological polar surface area (TPSA) is 84.0 Å². The number of amides is 3. The van der Waals surface area contributed by atoms with Crippen molar-refractivity contribution in [1.29, 1.82) is 0 Å². The summed E-state index contributed by atoms with van der Waals surface area (Å²) in [5.41, 5.74) is 0.571. The third-order valence-corrected chi connectivity index (χ3v) is 6.02. The van der Waals surface area contributed by atoms with Gasteiger partial charge in [0.1, 0.15) is 12.1 Å². The molecule has 3 aliphatic rings. The van der Waals surface area contributed by atoms with Gasteiger partial charge in [0.25, 0.3) is 11.8 Å². The van der Waals surface area contributed by atoms with Crippen LogP contribution in [0.4, 0.5) is 0 Å². The van der Waals surface area contributed by atoms with Gasteiger partial charge in [-0.15, -0.1) is 11.6 Å². The van der Waals surface area contributed by atoms with E-state index in [2.05, 4.69) is 0 Å². The summed E-state index contributed by atoms with van der Waals surface area (Å²) in [6.45, 7) is 0. The monoisotopic (exact) mass is 390 g/mol. The number of esters is 1. The maximum absolute atomic E-state index is 13.3. The number of fused-ring (bicyclic) bond motifs is 2. The molecule has 0 spiro atoms. The van der Waals surface area contributed by atoms with Crippen molar-refractivity contribution >= 4 is 35.3 Å². The molecule has 0 radical (unpaired) electrons. The zero-order chi connectivity index (χ0) is 19.3. The minimum absolute atomic E-state index is 0.173. The number of benzene rings is 1. The van der Waals surface area contributed by atoms with E-state index in [4.69, 9.17) is 16.3 Å². The SMILES string of the molecule is COC(=O)[C@@H]1CC[C@@H]2CC(Cl)C[C@H](N3C(=O)c4ccccc4C3=O)C(=O)N21. The Morgan fingerprint density at radius 3 is 2.30 bits per heavy atom. The Bertz CT molecular complexity index is 806. The average Bonchev–Trinajstić information content (AvgIpc) is 3.15. The lowest BCUT2D eigenvalue weighted by molar-refractivity contribution is -0.153. The molecule has 2 fully saturated rings. The van der Waals surface area contributed by atoms with Gasteiger partial charge >= 0.3 is 5.97 Å². The predicted octanol–water partition coefficient (Wildman–Crippen LogP) is 1.58. The largest absolute Gasteiger partial charge is 0.467 e. The van der Waals surface area contributed by atoms with Crippen molar-refractivity contribution in [3.05, 3.63) is 35.4 Å². The fraction of sp³-hybridized carbons (Fsp3) is 0.474. The van der Waals surface area contributed by atoms with Gasteiger partial charge in [0.15, 0.2) is 0 Å². The summed E-state index contributed by atoms with van der Waals surface area (Å²) in [7, 11) is 1.28. The van der Waals surface area contributed by atoms with Crippen molar-refractivity contribution in [1.82, 2.24) is 9.80 Å². The summed E-state index contributed by atoms with van der Waals surface area (Å²) >= 11 is 6.45. The molecule has 0 aromatic heterocycles. The number of hydrogen-bond donors (Lipinski definition) is 0. The molecule has 3 aliphatic heterocycles. The normalized spacial score (nSPS) is 30.2. The molecule has 0 aliphatic carbocycles. The Labute approximate surface area is 161 Å². The number of alkyl halides is 1. The van der Waals surface area contributed by atoms with Gasteiger partial charge in [-0.25, -0.2) is 4.79 Å². The van der Waals surface area contributed by atoms with Gasteiger partial charge in [-0.05, 0) is 37.8 Å². The first kappa shape index (κ1) is 18.0. The van der Waals surface area contributed by atoms with E-state index in [-0.39, 0.29) is 29.0 Å². The highest BCUT2D eigenvalue weighted by Crippen LogP contribution is 2.37. The van der Waals surface area contributed by atoms with Crippen LogP contribution in [0.25, 0.3) is 0 Å². The van der Waals surface area contributed by atoms with E-state index in [0.29, 0.717) is 19.3 Å². The van der Waals surface area contributed by atoms with E-state index < -0.39 is 35.8 Å². The molecule has 142 valence electrons. The number of rotatable bonds is 2. The van der Waals surface area contributed by atoms with Crippen molar-refractivity contribution in [2.75, 3.05) is 7.11 Å². The van der Waals surface area contributed by atoms with E-state index in [0.717, 1.165) is 4.90 Å². The third kappa shape index (κ3) is 2.72. The summed E-state index contributed by atoms with van der Waals surface area (Å²) in [6.07, 6.45) is 1.82. The second-order valence-electron chi connectivity index (χ2n) is 7.13. The van der Waals surface area contributed by atoms with Gasteiger partial charge < -0.3 is 9.64 Å². The molecule has 4 atom stereocenters. The van der Waals surface area contributed by atoms with Crippen molar-refractivity contribution in [3.8, 4) is 0 Å². The van der Waals surface area contributed by atoms with Gasteiger partial charge in [-0.1, -0.05) is 12.1 Å². The lowest BCUT2D eigenvalue weighted by Gasteiger charge is -2.32. The Kier molecular flexibility index (Phi) is 4.42. The van der Waals surface area contributed by atoms with Crippen molar-refractivity contribution in [2.45, 2.75) is 49.2 Å². The van der Waals surface area contributed by atoms with Gasteiger partial charge in [0.2, 0.25) is 5.91 Å². The number of halogens is 1. The summed E-state index contributed by atoms with van der Waals surface area (Å²) in [6, 6.07) is 4.59. The molecule has 2 saturated heterocycles. The smallest absolute Gasteiger partial charge is 0.328 e. The van der Waals surface area contributed by atoms with Crippen LogP contribution in [0.15, 0.2) is 24.3 Å². The van der Waals surface area contributed by atoms with Crippen LogP contribution in [0.3, 0.4) is 0 Å². The Hall–Kier alpha value is -2.41. The predicted molar refractivity (Wildman–Crippen MR) is 95.3 cm³/mol. The van der Waals surface area contributed by atoms with Gasteiger partial charge in [-0.3, -0.25) is 19.3 Å². The first-order chi connectivity index (χ1) is 12.9. The fourth-order valence-corrected chi connectivity index (χ4v) is 4.80. The van der Waals surface area contributed by atoms with Crippen LogP contribution >= 0.6 is 11.6 Å². The van der Waals surface area contributed by atoms with Crippen molar-refractivity contribution in [2.24, 2.45) is 0 Å². The molecule has 0 saturated carbocycles. The average molecular weight is 391 g/mol. The van der Waals surface area contributed by atoms with E-state index in [1.165, 1.54) is 12.0 Å². The molecule has 3 heterocycles. The number of carbonyl (C=O) groups excluding carboxylic acids is 4. The highest BCUT2D eigenvalue weighted by Gasteiger charge is 2.51. The lowest BCUT2D eigenvalue weighted by Crippen LogP contribution is -2.54. The standard InChI is InChI=1S/C19H19ClN2O5/c1-27-19(26)14-7-6-11-8-10(20)9-15(18(25)21(11)14)22-16(23)12-4-2-3-5-13(12)17(22)24/h2-5,10-11,14-15H,6-9H2,1H3/t10?,11-,14+,15+/m1/s1. The number of ether oxygens (including phenoxy) is 1. The maximum atomic E-state index is 13.3. The van der Waals surface area contributed by atoms with Crippen LogP contribution in [0.1, 0.15) is 46.4 Å². The summed E-state index contributed by atoms with van der Waals surface area (Å²) in [4.78, 5) is 53.7. The fourth-order valence-electron chi connectivity index (χ4n) is 4.43. The summed E-state index contributed by atoms with van der Waals surface area (Å²) < 4.78 is 4.84. The van der Waals surface area contributed by atoms with Crippen LogP contribution in [0, 0.1) is 0 Å². The highest BCUT2D eigenvalue weighted by atomic mass is 35.5. The molecule has 8 heteroatoms. The zero-order valence-corrected chi connectivity index (χ0v) is 15.5. The second kappa shape index (κ2) is 6.64. The molecule has 3 amide bonds. The minimum atomic E-state index is -1.02. The first-order valence-corrected chi connectivity index (χ1v) is 9.38. The van der Waals surface area contributed by atoms with Crippen LogP contribution in [0.2, 0.25) is 0 Å². The molecule has 1 unspecified atom stereocenters. The first-order valence-electron chi connectivity index (χ1n) is 8.95. The second-order valence-corrected chi connectivity index (χ2v) is 7.74. The Balaban J connectivity index is 1.71. The van der Waals surface area contributed by atoms with Gasteiger partial charge in [0.05, 0.1) is 18.2 Å². The highest BCUT2D eigenvalue weighted by molar-refractivity contribution is 6.24. The quantitative estimate of drug-likeness (QED) is 0.435. The number of imide groups is 1. The molecular weight excluding hydrogens is 372 g/mol. The number of methoxy groups -OCH3 is 1. The molecule has 0 bridgehead atoms. The Morgan fingerprint density at radius 2 is 1.70 bits per heavy atom. The summed E-state index contributed by atoms with van der Waals surface area (Å²) in [5.74, 6) is -1.89.